The van der Waals surface area contributed by atoms with Gasteiger partial charge in [-0.25, -0.2) is 0 Å². The molecule has 0 fully saturated rings. The van der Waals surface area contributed by atoms with E-state index in [4.69, 9.17) is 0 Å². The Balaban J connectivity index is 2.68. The highest BCUT2D eigenvalue weighted by Crippen LogP contribution is 2.16. The maximum absolute atomic E-state index is 12.7. The molecular formula is C20H32BrN3O2S. The quantitative estimate of drug-likeness (QED) is 0.533. The number of hydrogen-bond donors (Lipinski definition) is 2. The zero-order valence-electron chi connectivity index (χ0n) is 16.9. The van der Waals surface area contributed by atoms with Gasteiger partial charge in [0.2, 0.25) is 5.91 Å². The largest absolute Gasteiger partial charge is 0.353 e. The van der Waals surface area contributed by atoms with Crippen molar-refractivity contribution in [1.82, 2.24) is 15.5 Å². The molecule has 1 unspecified atom stereocenters. The standard InChI is InChI=1S/C20H32BrN3O2S/c1-14(2)24(15(3)4)12-11-22-20(26)18(10-13-27-5)23-19(25)16-8-6-7-9-17(16)21/h6-9,14-15,18H,10-13H2,1-5H3,(H,22,26)(H,23,25). The number of nitrogens with one attached hydrogen (secondary N) is 2. The summed E-state index contributed by atoms with van der Waals surface area (Å²) in [6, 6.07) is 7.53. The molecule has 2 amide bonds. The molecule has 152 valence electrons. The second-order valence-electron chi connectivity index (χ2n) is 7.00. The lowest BCUT2D eigenvalue weighted by Crippen LogP contribution is -2.49. The zero-order valence-corrected chi connectivity index (χ0v) is 19.3. The van der Waals surface area contributed by atoms with Crippen molar-refractivity contribution in [2.24, 2.45) is 0 Å². The van der Waals surface area contributed by atoms with Crippen LogP contribution in [-0.4, -0.2) is 59.9 Å². The molecule has 0 radical (unpaired) electrons. The predicted molar refractivity (Wildman–Crippen MR) is 118 cm³/mol. The van der Waals surface area contributed by atoms with Gasteiger partial charge in [-0.3, -0.25) is 14.5 Å². The van der Waals surface area contributed by atoms with E-state index in [0.29, 0.717) is 30.6 Å². The molecule has 0 aromatic heterocycles. The average molecular weight is 458 g/mol. The van der Waals surface area contributed by atoms with Crippen molar-refractivity contribution in [2.45, 2.75) is 52.2 Å². The van der Waals surface area contributed by atoms with Gasteiger partial charge in [0.1, 0.15) is 6.04 Å². The van der Waals surface area contributed by atoms with E-state index in [0.717, 1.165) is 16.8 Å². The van der Waals surface area contributed by atoms with Crippen LogP contribution >= 0.6 is 27.7 Å². The predicted octanol–water partition coefficient (Wildman–Crippen LogP) is 3.54. The maximum Gasteiger partial charge on any atom is 0.253 e. The highest BCUT2D eigenvalue weighted by atomic mass is 79.9. The van der Waals surface area contributed by atoms with Crippen molar-refractivity contribution in [3.63, 3.8) is 0 Å². The lowest BCUT2D eigenvalue weighted by Gasteiger charge is -2.30. The van der Waals surface area contributed by atoms with E-state index in [9.17, 15) is 9.59 Å². The van der Waals surface area contributed by atoms with Crippen LogP contribution in [0.25, 0.3) is 0 Å². The molecule has 0 aliphatic carbocycles. The van der Waals surface area contributed by atoms with E-state index in [-0.39, 0.29) is 11.8 Å². The van der Waals surface area contributed by atoms with Crippen LogP contribution in [0.3, 0.4) is 0 Å². The third-order valence-electron chi connectivity index (χ3n) is 4.35. The van der Waals surface area contributed by atoms with E-state index >= 15 is 0 Å². The van der Waals surface area contributed by atoms with Gasteiger partial charge in [0.05, 0.1) is 5.56 Å². The van der Waals surface area contributed by atoms with Crippen molar-refractivity contribution < 1.29 is 9.59 Å². The minimum absolute atomic E-state index is 0.128. The minimum atomic E-state index is -0.538. The Morgan fingerprint density at radius 2 is 1.78 bits per heavy atom. The first-order valence-electron chi connectivity index (χ1n) is 9.35. The molecule has 1 aromatic carbocycles. The molecule has 0 aliphatic rings. The van der Waals surface area contributed by atoms with E-state index in [1.54, 1.807) is 17.8 Å². The van der Waals surface area contributed by atoms with Gasteiger partial charge in [-0.05, 0) is 74.2 Å². The summed E-state index contributed by atoms with van der Waals surface area (Å²) in [7, 11) is 0. The van der Waals surface area contributed by atoms with Gasteiger partial charge in [-0.2, -0.15) is 11.8 Å². The number of halogens is 1. The molecule has 1 atom stereocenters. The van der Waals surface area contributed by atoms with Gasteiger partial charge < -0.3 is 10.6 Å². The molecule has 0 saturated carbocycles. The van der Waals surface area contributed by atoms with Crippen LogP contribution in [0, 0.1) is 0 Å². The molecule has 0 aliphatic heterocycles. The first-order valence-corrected chi connectivity index (χ1v) is 11.5. The van der Waals surface area contributed by atoms with E-state index in [1.807, 2.05) is 24.5 Å². The number of amides is 2. The van der Waals surface area contributed by atoms with Crippen molar-refractivity contribution >= 4 is 39.5 Å². The summed E-state index contributed by atoms with van der Waals surface area (Å²) in [6.45, 7) is 9.97. The Morgan fingerprint density at radius 3 is 2.33 bits per heavy atom. The normalized spacial score (nSPS) is 12.5. The summed E-state index contributed by atoms with van der Waals surface area (Å²) in [4.78, 5) is 27.6. The fourth-order valence-electron chi connectivity index (χ4n) is 2.93. The minimum Gasteiger partial charge on any atom is -0.353 e. The van der Waals surface area contributed by atoms with E-state index in [1.165, 1.54) is 0 Å². The Hall–Kier alpha value is -1.05. The summed E-state index contributed by atoms with van der Waals surface area (Å²) in [5.74, 6) is 0.435. The smallest absolute Gasteiger partial charge is 0.253 e. The van der Waals surface area contributed by atoms with Gasteiger partial charge in [-0.1, -0.05) is 12.1 Å². The molecule has 0 heterocycles. The van der Waals surface area contributed by atoms with Crippen molar-refractivity contribution in [3.8, 4) is 0 Å². The molecule has 1 rings (SSSR count). The molecule has 5 nitrogen and oxygen atoms in total. The number of carbonyl (C=O) groups excluding carboxylic acids is 2. The van der Waals surface area contributed by atoms with E-state index in [2.05, 4.69) is 59.2 Å². The third-order valence-corrected chi connectivity index (χ3v) is 5.68. The second kappa shape index (κ2) is 12.4. The number of nitrogens with zero attached hydrogens (tertiary/aromatic N) is 1. The molecule has 1 aromatic rings. The summed E-state index contributed by atoms with van der Waals surface area (Å²) >= 11 is 5.05. The van der Waals surface area contributed by atoms with Crippen LogP contribution in [0.4, 0.5) is 0 Å². The summed E-state index contributed by atoms with van der Waals surface area (Å²) in [5.41, 5.74) is 0.533. The van der Waals surface area contributed by atoms with Crippen molar-refractivity contribution in [2.75, 3.05) is 25.1 Å². The molecular weight excluding hydrogens is 426 g/mol. The second-order valence-corrected chi connectivity index (χ2v) is 8.84. The van der Waals surface area contributed by atoms with Crippen LogP contribution in [0.2, 0.25) is 0 Å². The van der Waals surface area contributed by atoms with Crippen LogP contribution in [0.15, 0.2) is 28.7 Å². The highest BCUT2D eigenvalue weighted by Gasteiger charge is 2.22. The number of carbonyl (C=O) groups is 2. The lowest BCUT2D eigenvalue weighted by atomic mass is 10.1. The van der Waals surface area contributed by atoms with Crippen molar-refractivity contribution in [3.05, 3.63) is 34.3 Å². The van der Waals surface area contributed by atoms with Gasteiger partial charge in [-0.15, -0.1) is 0 Å². The molecule has 27 heavy (non-hydrogen) atoms. The molecule has 7 heteroatoms. The van der Waals surface area contributed by atoms with E-state index < -0.39 is 6.04 Å². The van der Waals surface area contributed by atoms with Gasteiger partial charge >= 0.3 is 0 Å². The SMILES string of the molecule is CSCCC(NC(=O)c1ccccc1Br)C(=O)NCCN(C(C)C)C(C)C. The van der Waals surface area contributed by atoms with Crippen LogP contribution in [0.5, 0.6) is 0 Å². The fourth-order valence-corrected chi connectivity index (χ4v) is 3.87. The topological polar surface area (TPSA) is 61.4 Å². The Morgan fingerprint density at radius 1 is 1.15 bits per heavy atom. The highest BCUT2D eigenvalue weighted by molar-refractivity contribution is 9.10. The van der Waals surface area contributed by atoms with Crippen LogP contribution in [-0.2, 0) is 4.79 Å². The first kappa shape index (κ1) is 24.0. The number of rotatable bonds is 11. The van der Waals surface area contributed by atoms with Crippen LogP contribution in [0.1, 0.15) is 44.5 Å². The lowest BCUT2D eigenvalue weighted by molar-refractivity contribution is -0.123. The number of benzene rings is 1. The van der Waals surface area contributed by atoms with Gasteiger partial charge in [0, 0.05) is 29.6 Å². The van der Waals surface area contributed by atoms with Gasteiger partial charge in [0.15, 0.2) is 0 Å². The Kier molecular flexibility index (Phi) is 11.0. The third kappa shape index (κ3) is 8.23. The summed E-state index contributed by atoms with van der Waals surface area (Å²) in [5, 5.41) is 5.87. The molecule has 2 N–H and O–H groups in total. The molecule has 0 saturated heterocycles. The zero-order chi connectivity index (χ0) is 20.4. The van der Waals surface area contributed by atoms with Crippen molar-refractivity contribution in [1.29, 1.82) is 0 Å². The number of hydrogen-bond acceptors (Lipinski definition) is 4. The Bertz CT molecular complexity index is 603. The molecule has 0 bridgehead atoms. The number of thioether (sulfide) groups is 1. The molecule has 0 spiro atoms. The van der Waals surface area contributed by atoms with Crippen LogP contribution < -0.4 is 10.6 Å². The monoisotopic (exact) mass is 457 g/mol. The fraction of sp³-hybridized carbons (Fsp3) is 0.600. The maximum atomic E-state index is 12.7. The average Bonchev–Trinajstić information content (AvgIpc) is 2.61. The summed E-state index contributed by atoms with van der Waals surface area (Å²) in [6.07, 6.45) is 2.59. The summed E-state index contributed by atoms with van der Waals surface area (Å²) < 4.78 is 0.719. The van der Waals surface area contributed by atoms with Gasteiger partial charge in [0.25, 0.3) is 5.91 Å². The Labute approximate surface area is 176 Å². The first-order chi connectivity index (χ1) is 12.8.